The van der Waals surface area contributed by atoms with Crippen molar-refractivity contribution in [1.29, 1.82) is 0 Å². The summed E-state index contributed by atoms with van der Waals surface area (Å²) in [5.74, 6) is 0.208. The zero-order chi connectivity index (χ0) is 14.5. The van der Waals surface area contributed by atoms with Gasteiger partial charge in [0.05, 0.1) is 5.56 Å². The lowest BCUT2D eigenvalue weighted by Gasteiger charge is -2.16. The van der Waals surface area contributed by atoms with Gasteiger partial charge < -0.3 is 10.2 Å². The minimum absolute atomic E-state index is 0.0250. The smallest absolute Gasteiger partial charge is 0.257 e. The molecule has 7 heteroatoms. The Morgan fingerprint density at radius 1 is 1.45 bits per heavy atom. The predicted octanol–water partition coefficient (Wildman–Crippen LogP) is 0.797. The molecule has 1 saturated heterocycles. The normalized spacial score (nSPS) is 18.1. The number of likely N-dealkylation sites (tertiary alicyclic amines) is 1. The van der Waals surface area contributed by atoms with E-state index in [9.17, 15) is 9.59 Å². The first-order valence-electron chi connectivity index (χ1n) is 6.50. The Hall–Kier alpha value is -1.63. The Bertz CT molecular complexity index is 492. The zero-order valence-corrected chi connectivity index (χ0v) is 12.4. The Morgan fingerprint density at radius 3 is 2.75 bits per heavy atom. The number of thioether (sulfide) groups is 1. The van der Waals surface area contributed by atoms with Gasteiger partial charge in [0.15, 0.2) is 5.16 Å². The van der Waals surface area contributed by atoms with E-state index < -0.39 is 0 Å². The third kappa shape index (κ3) is 3.47. The number of carbonyl (C=O) groups excluding carboxylic acids is 2. The topological polar surface area (TPSA) is 75.2 Å². The Morgan fingerprint density at radius 2 is 2.15 bits per heavy atom. The molecule has 0 aliphatic carbocycles. The molecule has 1 atom stereocenters. The van der Waals surface area contributed by atoms with Crippen molar-refractivity contribution < 1.29 is 9.59 Å². The van der Waals surface area contributed by atoms with E-state index in [0.29, 0.717) is 30.2 Å². The van der Waals surface area contributed by atoms with Crippen molar-refractivity contribution in [3.63, 3.8) is 0 Å². The maximum atomic E-state index is 12.3. The number of carbonyl (C=O) groups is 2. The highest BCUT2D eigenvalue weighted by Gasteiger charge is 2.28. The van der Waals surface area contributed by atoms with Gasteiger partial charge in [0.1, 0.15) is 0 Å². The van der Waals surface area contributed by atoms with Crippen LogP contribution >= 0.6 is 11.8 Å². The van der Waals surface area contributed by atoms with Crippen LogP contribution in [0.5, 0.6) is 0 Å². The highest BCUT2D eigenvalue weighted by molar-refractivity contribution is 7.98. The van der Waals surface area contributed by atoms with Gasteiger partial charge in [-0.15, -0.1) is 0 Å². The van der Waals surface area contributed by atoms with Crippen LogP contribution in [0.25, 0.3) is 0 Å². The summed E-state index contributed by atoms with van der Waals surface area (Å²) >= 11 is 1.44. The standard InChI is InChI=1S/C13H18N4O2S/c1-14-11(18)5-9-3-4-17(8-9)12(19)10-6-15-13(20-2)16-7-10/h6-7,9H,3-5,8H2,1-2H3,(H,14,18)/t9-/m0/s1. The average molecular weight is 294 g/mol. The molecule has 6 nitrogen and oxygen atoms in total. The lowest BCUT2D eigenvalue weighted by Crippen LogP contribution is -2.30. The molecule has 1 fully saturated rings. The fourth-order valence-electron chi connectivity index (χ4n) is 2.26. The van der Waals surface area contributed by atoms with Gasteiger partial charge in [0.2, 0.25) is 5.91 Å². The van der Waals surface area contributed by atoms with Crippen LogP contribution in [0, 0.1) is 5.92 Å². The minimum Gasteiger partial charge on any atom is -0.359 e. The van der Waals surface area contributed by atoms with Gasteiger partial charge in [-0.1, -0.05) is 11.8 Å². The summed E-state index contributed by atoms with van der Waals surface area (Å²) in [6.07, 6.45) is 6.35. The molecule has 2 amide bonds. The van der Waals surface area contributed by atoms with Gasteiger partial charge in [-0.25, -0.2) is 9.97 Å². The zero-order valence-electron chi connectivity index (χ0n) is 11.6. The van der Waals surface area contributed by atoms with Crippen LogP contribution < -0.4 is 5.32 Å². The van der Waals surface area contributed by atoms with Crippen LogP contribution in [-0.2, 0) is 4.79 Å². The SMILES string of the molecule is CNC(=O)C[C@@H]1CCN(C(=O)c2cnc(SC)nc2)C1. The summed E-state index contributed by atoms with van der Waals surface area (Å²) in [6, 6.07) is 0. The van der Waals surface area contributed by atoms with Crippen molar-refractivity contribution in [2.24, 2.45) is 5.92 Å². The quantitative estimate of drug-likeness (QED) is 0.656. The van der Waals surface area contributed by atoms with E-state index in [2.05, 4.69) is 15.3 Å². The van der Waals surface area contributed by atoms with Crippen LogP contribution in [0.1, 0.15) is 23.2 Å². The maximum Gasteiger partial charge on any atom is 0.257 e. The molecule has 0 aromatic carbocycles. The molecule has 0 bridgehead atoms. The van der Waals surface area contributed by atoms with Crippen LogP contribution in [0.3, 0.4) is 0 Å². The first-order valence-corrected chi connectivity index (χ1v) is 7.72. The van der Waals surface area contributed by atoms with E-state index in [1.54, 1.807) is 24.3 Å². The van der Waals surface area contributed by atoms with Gasteiger partial charge in [-0.2, -0.15) is 0 Å². The number of nitrogens with one attached hydrogen (secondary N) is 1. The summed E-state index contributed by atoms with van der Waals surface area (Å²) in [5, 5.41) is 3.27. The molecule has 1 aliphatic heterocycles. The molecule has 1 aliphatic rings. The van der Waals surface area contributed by atoms with Gasteiger partial charge in [0, 0.05) is 39.0 Å². The van der Waals surface area contributed by atoms with E-state index in [1.165, 1.54) is 11.8 Å². The van der Waals surface area contributed by atoms with E-state index in [4.69, 9.17) is 0 Å². The molecule has 0 unspecified atom stereocenters. The van der Waals surface area contributed by atoms with E-state index >= 15 is 0 Å². The van der Waals surface area contributed by atoms with E-state index in [-0.39, 0.29) is 17.7 Å². The summed E-state index contributed by atoms with van der Waals surface area (Å²) < 4.78 is 0. The van der Waals surface area contributed by atoms with Crippen molar-refractivity contribution in [3.8, 4) is 0 Å². The lowest BCUT2D eigenvalue weighted by molar-refractivity contribution is -0.121. The van der Waals surface area contributed by atoms with Crippen molar-refractivity contribution in [2.45, 2.75) is 18.0 Å². The number of hydrogen-bond donors (Lipinski definition) is 1. The van der Waals surface area contributed by atoms with Crippen LogP contribution in [0.2, 0.25) is 0 Å². The molecule has 20 heavy (non-hydrogen) atoms. The molecule has 108 valence electrons. The fourth-order valence-corrected chi connectivity index (χ4v) is 2.58. The van der Waals surface area contributed by atoms with Crippen molar-refractivity contribution >= 4 is 23.6 Å². The van der Waals surface area contributed by atoms with Gasteiger partial charge >= 0.3 is 0 Å². The van der Waals surface area contributed by atoms with Crippen molar-refractivity contribution in [1.82, 2.24) is 20.2 Å². The second kappa shape index (κ2) is 6.69. The first kappa shape index (κ1) is 14.8. The van der Waals surface area contributed by atoms with Gasteiger partial charge in [0.25, 0.3) is 5.91 Å². The summed E-state index contributed by atoms with van der Waals surface area (Å²) in [7, 11) is 1.63. The van der Waals surface area contributed by atoms with Gasteiger partial charge in [-0.05, 0) is 18.6 Å². The van der Waals surface area contributed by atoms with Crippen LogP contribution in [0.4, 0.5) is 0 Å². The molecule has 1 N–H and O–H groups in total. The average Bonchev–Trinajstić information content (AvgIpc) is 2.95. The van der Waals surface area contributed by atoms with E-state index in [1.807, 2.05) is 6.26 Å². The van der Waals surface area contributed by atoms with Gasteiger partial charge in [-0.3, -0.25) is 9.59 Å². The predicted molar refractivity (Wildman–Crippen MR) is 76.5 cm³/mol. The van der Waals surface area contributed by atoms with Crippen LogP contribution in [0.15, 0.2) is 17.6 Å². The van der Waals surface area contributed by atoms with E-state index in [0.717, 1.165) is 6.42 Å². The molecule has 0 saturated carbocycles. The fraction of sp³-hybridized carbons (Fsp3) is 0.538. The Kier molecular flexibility index (Phi) is 4.94. The second-order valence-corrected chi connectivity index (χ2v) is 5.52. The molecule has 0 radical (unpaired) electrons. The largest absolute Gasteiger partial charge is 0.359 e. The van der Waals surface area contributed by atoms with Crippen molar-refractivity contribution in [3.05, 3.63) is 18.0 Å². The summed E-state index contributed by atoms with van der Waals surface area (Å²) in [6.45, 7) is 1.31. The number of rotatable bonds is 4. The highest BCUT2D eigenvalue weighted by Crippen LogP contribution is 2.21. The molecular formula is C13H18N4O2S. The number of aromatic nitrogens is 2. The second-order valence-electron chi connectivity index (χ2n) is 4.74. The Labute approximate surface area is 122 Å². The third-order valence-electron chi connectivity index (χ3n) is 3.38. The summed E-state index contributed by atoms with van der Waals surface area (Å²) in [4.78, 5) is 33.6. The van der Waals surface area contributed by atoms with Crippen LogP contribution in [-0.4, -0.2) is 53.1 Å². The first-order chi connectivity index (χ1) is 9.63. The molecule has 1 aromatic heterocycles. The molecule has 2 heterocycles. The third-order valence-corrected chi connectivity index (χ3v) is 3.96. The summed E-state index contributed by atoms with van der Waals surface area (Å²) in [5.41, 5.74) is 0.503. The lowest BCUT2D eigenvalue weighted by atomic mass is 10.0. The Balaban J connectivity index is 1.95. The highest BCUT2D eigenvalue weighted by atomic mass is 32.2. The number of nitrogens with zero attached hydrogens (tertiary/aromatic N) is 3. The maximum absolute atomic E-state index is 12.3. The number of hydrogen-bond acceptors (Lipinski definition) is 5. The monoisotopic (exact) mass is 294 g/mol. The van der Waals surface area contributed by atoms with Crippen molar-refractivity contribution in [2.75, 3.05) is 26.4 Å². The molecular weight excluding hydrogens is 276 g/mol. The molecule has 2 rings (SSSR count). The molecule has 1 aromatic rings. The molecule has 0 spiro atoms. The minimum atomic E-state index is -0.0583. The number of amides is 2.